The van der Waals surface area contributed by atoms with E-state index in [1.54, 1.807) is 18.2 Å². The Morgan fingerprint density at radius 2 is 1.67 bits per heavy atom. The monoisotopic (exact) mass is 432 g/mol. The van der Waals surface area contributed by atoms with Crippen LogP contribution in [0.3, 0.4) is 0 Å². The molecule has 2 saturated heterocycles. The Morgan fingerprint density at radius 3 is 2.33 bits per heavy atom. The number of piperazine rings is 1. The lowest BCUT2D eigenvalue weighted by Crippen LogP contribution is -2.48. The average molecular weight is 433 g/mol. The Hall–Kier alpha value is -2.35. The van der Waals surface area contributed by atoms with Crippen LogP contribution in [-0.2, 0) is 9.53 Å². The SMILES string of the molecule is O=C(CN1CCN(c2ccc(F)cc2)CC1)Nc1ccc(N2CCOCC2)c(Cl)c1. The molecule has 1 amide bonds. The van der Waals surface area contributed by atoms with E-state index in [1.165, 1.54) is 12.1 Å². The molecule has 2 aliphatic rings. The van der Waals surface area contributed by atoms with Gasteiger partial charge < -0.3 is 19.9 Å². The summed E-state index contributed by atoms with van der Waals surface area (Å²) in [6, 6.07) is 12.2. The van der Waals surface area contributed by atoms with Crippen LogP contribution in [0.1, 0.15) is 0 Å². The fraction of sp³-hybridized carbons (Fsp3) is 0.409. The van der Waals surface area contributed by atoms with E-state index in [2.05, 4.69) is 20.0 Å². The number of nitrogens with zero attached hydrogens (tertiary/aromatic N) is 3. The molecule has 0 aromatic heterocycles. The van der Waals surface area contributed by atoms with Crippen LogP contribution in [0.2, 0.25) is 5.02 Å². The first-order chi connectivity index (χ1) is 14.6. The maximum atomic E-state index is 13.1. The van der Waals surface area contributed by atoms with Crippen molar-refractivity contribution in [2.45, 2.75) is 0 Å². The molecule has 0 atom stereocenters. The summed E-state index contributed by atoms with van der Waals surface area (Å²) < 4.78 is 18.5. The van der Waals surface area contributed by atoms with Gasteiger partial charge >= 0.3 is 0 Å². The van der Waals surface area contributed by atoms with Crippen molar-refractivity contribution in [1.29, 1.82) is 0 Å². The van der Waals surface area contributed by atoms with E-state index in [0.29, 0.717) is 30.5 Å². The van der Waals surface area contributed by atoms with Crippen molar-refractivity contribution < 1.29 is 13.9 Å². The number of anilines is 3. The van der Waals surface area contributed by atoms with Crippen molar-refractivity contribution in [2.24, 2.45) is 0 Å². The predicted octanol–water partition coefficient (Wildman–Crippen LogP) is 3.08. The lowest BCUT2D eigenvalue weighted by molar-refractivity contribution is -0.117. The quantitative estimate of drug-likeness (QED) is 0.786. The molecule has 2 aromatic rings. The van der Waals surface area contributed by atoms with E-state index >= 15 is 0 Å². The number of carbonyl (C=O) groups is 1. The van der Waals surface area contributed by atoms with Crippen LogP contribution >= 0.6 is 11.6 Å². The summed E-state index contributed by atoms with van der Waals surface area (Å²) in [6.45, 7) is 6.53. The van der Waals surface area contributed by atoms with Crippen LogP contribution in [0, 0.1) is 5.82 Å². The molecule has 30 heavy (non-hydrogen) atoms. The molecule has 0 unspecified atom stereocenters. The van der Waals surface area contributed by atoms with Gasteiger partial charge in [0.25, 0.3) is 0 Å². The van der Waals surface area contributed by atoms with Gasteiger partial charge in [-0.25, -0.2) is 4.39 Å². The van der Waals surface area contributed by atoms with Crippen molar-refractivity contribution in [2.75, 3.05) is 74.1 Å². The largest absolute Gasteiger partial charge is 0.378 e. The summed E-state index contributed by atoms with van der Waals surface area (Å²) in [5, 5.41) is 3.57. The fourth-order valence-corrected chi connectivity index (χ4v) is 4.17. The van der Waals surface area contributed by atoms with Gasteiger partial charge in [0.15, 0.2) is 0 Å². The molecule has 0 bridgehead atoms. The van der Waals surface area contributed by atoms with Crippen molar-refractivity contribution in [3.05, 3.63) is 53.3 Å². The van der Waals surface area contributed by atoms with Gasteiger partial charge in [0.1, 0.15) is 5.82 Å². The summed E-state index contributed by atoms with van der Waals surface area (Å²) in [5.41, 5.74) is 2.68. The highest BCUT2D eigenvalue weighted by Crippen LogP contribution is 2.29. The zero-order valence-electron chi connectivity index (χ0n) is 16.8. The number of halogens is 2. The molecular formula is C22H26ClFN4O2. The fourth-order valence-electron chi connectivity index (χ4n) is 3.87. The summed E-state index contributed by atoms with van der Waals surface area (Å²) >= 11 is 6.45. The molecule has 0 spiro atoms. The predicted molar refractivity (Wildman–Crippen MR) is 118 cm³/mol. The molecule has 0 saturated carbocycles. The van der Waals surface area contributed by atoms with Crippen LogP contribution in [0.5, 0.6) is 0 Å². The highest BCUT2D eigenvalue weighted by molar-refractivity contribution is 6.33. The van der Waals surface area contributed by atoms with E-state index in [0.717, 1.165) is 50.6 Å². The average Bonchev–Trinajstić information content (AvgIpc) is 2.75. The maximum Gasteiger partial charge on any atom is 0.238 e. The Morgan fingerprint density at radius 1 is 0.967 bits per heavy atom. The normalized spacial score (nSPS) is 17.8. The molecule has 0 aliphatic carbocycles. The van der Waals surface area contributed by atoms with Crippen LogP contribution in [0.15, 0.2) is 42.5 Å². The molecule has 1 N–H and O–H groups in total. The Bertz CT molecular complexity index is 866. The first-order valence-electron chi connectivity index (χ1n) is 10.2. The lowest BCUT2D eigenvalue weighted by atomic mass is 10.2. The number of hydrogen-bond donors (Lipinski definition) is 1. The molecule has 2 heterocycles. The number of amides is 1. The summed E-state index contributed by atoms with van der Waals surface area (Å²) in [4.78, 5) is 19.0. The first kappa shape index (κ1) is 20.9. The van der Waals surface area contributed by atoms with Gasteiger partial charge in [-0.2, -0.15) is 0 Å². The molecule has 0 radical (unpaired) electrons. The second kappa shape index (κ2) is 9.64. The molecule has 2 aliphatic heterocycles. The maximum absolute atomic E-state index is 13.1. The highest BCUT2D eigenvalue weighted by atomic mass is 35.5. The van der Waals surface area contributed by atoms with Gasteiger partial charge in [-0.05, 0) is 42.5 Å². The summed E-state index contributed by atoms with van der Waals surface area (Å²) in [6.07, 6.45) is 0. The van der Waals surface area contributed by atoms with E-state index in [1.807, 2.05) is 12.1 Å². The van der Waals surface area contributed by atoms with Crippen LogP contribution in [0.25, 0.3) is 0 Å². The van der Waals surface area contributed by atoms with Gasteiger partial charge in [0, 0.05) is 50.6 Å². The standard InChI is InChI=1S/C22H26ClFN4O2/c23-20-15-18(3-6-21(20)28-11-13-30-14-12-28)25-22(29)16-26-7-9-27(10-8-26)19-4-1-17(24)2-5-19/h1-6,15H,7-14,16H2,(H,25,29). The number of rotatable bonds is 5. The topological polar surface area (TPSA) is 48.1 Å². The van der Waals surface area contributed by atoms with Gasteiger partial charge in [-0.3, -0.25) is 9.69 Å². The number of morpholine rings is 1. The minimum Gasteiger partial charge on any atom is -0.378 e. The van der Waals surface area contributed by atoms with Gasteiger partial charge in [0.05, 0.1) is 30.5 Å². The molecule has 8 heteroatoms. The number of benzene rings is 2. The smallest absolute Gasteiger partial charge is 0.238 e. The van der Waals surface area contributed by atoms with E-state index in [-0.39, 0.29) is 11.7 Å². The Balaban J connectivity index is 1.27. The second-order valence-corrected chi connectivity index (χ2v) is 7.96. The lowest BCUT2D eigenvalue weighted by Gasteiger charge is -2.35. The molecule has 2 fully saturated rings. The Labute approximate surface area is 181 Å². The van der Waals surface area contributed by atoms with Crippen LogP contribution < -0.4 is 15.1 Å². The van der Waals surface area contributed by atoms with Crippen molar-refractivity contribution >= 4 is 34.6 Å². The van der Waals surface area contributed by atoms with Crippen molar-refractivity contribution in [3.8, 4) is 0 Å². The van der Waals surface area contributed by atoms with Gasteiger partial charge in [-0.1, -0.05) is 11.6 Å². The zero-order valence-corrected chi connectivity index (χ0v) is 17.6. The molecule has 6 nitrogen and oxygen atoms in total. The number of nitrogens with one attached hydrogen (secondary N) is 1. The third-order valence-corrected chi connectivity index (χ3v) is 5.82. The third kappa shape index (κ3) is 5.22. The minimum absolute atomic E-state index is 0.0552. The van der Waals surface area contributed by atoms with Gasteiger partial charge in [0.2, 0.25) is 5.91 Å². The van der Waals surface area contributed by atoms with Crippen molar-refractivity contribution in [1.82, 2.24) is 4.90 Å². The summed E-state index contributed by atoms with van der Waals surface area (Å²) in [7, 11) is 0. The Kier molecular flexibility index (Phi) is 6.72. The number of ether oxygens (including phenoxy) is 1. The number of carbonyl (C=O) groups excluding carboxylic acids is 1. The van der Waals surface area contributed by atoms with Crippen LogP contribution in [-0.4, -0.2) is 69.8 Å². The van der Waals surface area contributed by atoms with Gasteiger partial charge in [-0.15, -0.1) is 0 Å². The molecule has 2 aromatic carbocycles. The first-order valence-corrected chi connectivity index (χ1v) is 10.6. The van der Waals surface area contributed by atoms with E-state index in [4.69, 9.17) is 16.3 Å². The van der Waals surface area contributed by atoms with E-state index in [9.17, 15) is 9.18 Å². The van der Waals surface area contributed by atoms with Crippen LogP contribution in [0.4, 0.5) is 21.5 Å². The highest BCUT2D eigenvalue weighted by Gasteiger charge is 2.20. The zero-order chi connectivity index (χ0) is 20.9. The summed E-state index contributed by atoms with van der Waals surface area (Å²) in [5.74, 6) is -0.285. The molecule has 4 rings (SSSR count). The molecule has 160 valence electrons. The third-order valence-electron chi connectivity index (χ3n) is 5.51. The molecular weight excluding hydrogens is 407 g/mol. The number of hydrogen-bond acceptors (Lipinski definition) is 5. The van der Waals surface area contributed by atoms with E-state index < -0.39 is 0 Å². The van der Waals surface area contributed by atoms with Crippen molar-refractivity contribution in [3.63, 3.8) is 0 Å². The second-order valence-electron chi connectivity index (χ2n) is 7.55. The minimum atomic E-state index is -0.230.